The van der Waals surface area contributed by atoms with Gasteiger partial charge >= 0.3 is 0 Å². The highest BCUT2D eigenvalue weighted by Crippen LogP contribution is 2.72. The van der Waals surface area contributed by atoms with E-state index in [-0.39, 0.29) is 11.5 Å². The van der Waals surface area contributed by atoms with Gasteiger partial charge in [-0.15, -0.1) is 0 Å². The lowest BCUT2D eigenvalue weighted by Crippen LogP contribution is -2.61. The SMILES string of the molecule is C=C(C)C1CCC2(C=O)CCC3C(CCC4C5(C)CCC(O)C(C)C5CCC34C)C12. The zero-order chi connectivity index (χ0) is 21.5. The summed E-state index contributed by atoms with van der Waals surface area (Å²) in [4.78, 5) is 12.4. The zero-order valence-corrected chi connectivity index (χ0v) is 19.8. The Hall–Kier alpha value is -0.630. The van der Waals surface area contributed by atoms with Crippen LogP contribution in [0.15, 0.2) is 12.2 Å². The van der Waals surface area contributed by atoms with E-state index in [1.165, 1.54) is 56.8 Å². The van der Waals surface area contributed by atoms with Crippen LogP contribution in [0.3, 0.4) is 0 Å². The summed E-state index contributed by atoms with van der Waals surface area (Å²) in [5, 5.41) is 10.6. The molecule has 5 rings (SSSR count). The van der Waals surface area contributed by atoms with Gasteiger partial charge in [0.15, 0.2) is 0 Å². The van der Waals surface area contributed by atoms with E-state index >= 15 is 0 Å². The average Bonchev–Trinajstić information content (AvgIpc) is 3.12. The summed E-state index contributed by atoms with van der Waals surface area (Å²) >= 11 is 0. The normalized spacial score (nSPS) is 57.5. The number of aldehydes is 1. The molecule has 5 aliphatic rings. The number of rotatable bonds is 2. The highest BCUT2D eigenvalue weighted by atomic mass is 16.3. The number of fused-ring (bicyclic) bond motifs is 7. The Morgan fingerprint density at radius 3 is 2.27 bits per heavy atom. The van der Waals surface area contributed by atoms with Crippen molar-refractivity contribution in [1.29, 1.82) is 0 Å². The molecule has 11 atom stereocenters. The van der Waals surface area contributed by atoms with E-state index in [2.05, 4.69) is 34.3 Å². The molecule has 0 bridgehead atoms. The molecule has 168 valence electrons. The van der Waals surface area contributed by atoms with E-state index in [0.29, 0.717) is 40.4 Å². The van der Waals surface area contributed by atoms with Gasteiger partial charge in [0.05, 0.1) is 6.10 Å². The third-order valence-electron chi connectivity index (χ3n) is 12.1. The van der Waals surface area contributed by atoms with Crippen LogP contribution in [0.4, 0.5) is 0 Å². The van der Waals surface area contributed by atoms with Crippen molar-refractivity contribution in [2.75, 3.05) is 0 Å². The topological polar surface area (TPSA) is 37.3 Å². The molecule has 2 heteroatoms. The molecule has 5 aliphatic carbocycles. The Morgan fingerprint density at radius 1 is 0.933 bits per heavy atom. The molecule has 0 heterocycles. The van der Waals surface area contributed by atoms with Gasteiger partial charge in [0, 0.05) is 5.41 Å². The first-order valence-electron chi connectivity index (χ1n) is 13.0. The van der Waals surface area contributed by atoms with E-state index in [4.69, 9.17) is 0 Å². The predicted octanol–water partition coefficient (Wildman–Crippen LogP) is 6.42. The summed E-state index contributed by atoms with van der Waals surface area (Å²) in [7, 11) is 0. The molecule has 5 saturated carbocycles. The maximum atomic E-state index is 12.4. The van der Waals surface area contributed by atoms with E-state index in [9.17, 15) is 9.90 Å². The number of carbonyl (C=O) groups is 1. The highest BCUT2D eigenvalue weighted by molar-refractivity contribution is 5.62. The molecule has 0 spiro atoms. The van der Waals surface area contributed by atoms with E-state index in [1.807, 2.05) is 0 Å². The fraction of sp³-hybridized carbons (Fsp3) is 0.893. The Labute approximate surface area is 184 Å². The zero-order valence-electron chi connectivity index (χ0n) is 19.8. The molecule has 1 N–H and O–H groups in total. The summed E-state index contributed by atoms with van der Waals surface area (Å²) < 4.78 is 0. The van der Waals surface area contributed by atoms with Gasteiger partial charge in [-0.2, -0.15) is 0 Å². The molecule has 0 radical (unpaired) electrons. The van der Waals surface area contributed by atoms with Crippen molar-refractivity contribution in [3.8, 4) is 0 Å². The fourth-order valence-electron chi connectivity index (χ4n) is 10.7. The summed E-state index contributed by atoms with van der Waals surface area (Å²) in [6, 6.07) is 0. The van der Waals surface area contributed by atoms with Crippen LogP contribution in [0.2, 0.25) is 0 Å². The predicted molar refractivity (Wildman–Crippen MR) is 122 cm³/mol. The van der Waals surface area contributed by atoms with Crippen LogP contribution in [0.25, 0.3) is 0 Å². The van der Waals surface area contributed by atoms with E-state index < -0.39 is 0 Å². The monoisotopic (exact) mass is 412 g/mol. The molecule has 0 aromatic carbocycles. The van der Waals surface area contributed by atoms with Gasteiger partial charge in [-0.1, -0.05) is 32.9 Å². The van der Waals surface area contributed by atoms with Crippen LogP contribution in [0.5, 0.6) is 0 Å². The van der Waals surface area contributed by atoms with Crippen LogP contribution in [0, 0.1) is 57.7 Å². The average molecular weight is 413 g/mol. The second kappa shape index (κ2) is 6.93. The molecule has 0 aromatic heterocycles. The van der Waals surface area contributed by atoms with Gasteiger partial charge in [0.25, 0.3) is 0 Å². The quantitative estimate of drug-likeness (QED) is 0.419. The summed E-state index contributed by atoms with van der Waals surface area (Å²) in [6.07, 6.45) is 13.4. The van der Waals surface area contributed by atoms with Gasteiger partial charge in [0.2, 0.25) is 0 Å². The smallest absolute Gasteiger partial charge is 0.126 e. The second-order valence-electron chi connectivity index (χ2n) is 12.9. The lowest BCUT2D eigenvalue weighted by Gasteiger charge is -2.67. The summed E-state index contributed by atoms with van der Waals surface area (Å²) in [5.74, 6) is 4.50. The maximum absolute atomic E-state index is 12.4. The van der Waals surface area contributed by atoms with Crippen LogP contribution in [0.1, 0.15) is 91.9 Å². The number of allylic oxidation sites excluding steroid dienone is 1. The Bertz CT molecular complexity index is 728. The summed E-state index contributed by atoms with van der Waals surface area (Å²) in [6.45, 7) is 14.1. The Kier molecular flexibility index (Phi) is 4.91. The first-order valence-corrected chi connectivity index (χ1v) is 13.0. The van der Waals surface area contributed by atoms with Crippen LogP contribution in [-0.2, 0) is 4.79 Å². The minimum atomic E-state index is -0.0959. The number of hydrogen-bond acceptors (Lipinski definition) is 2. The molecule has 5 fully saturated rings. The first kappa shape index (κ1) is 21.2. The van der Waals surface area contributed by atoms with Crippen molar-refractivity contribution in [1.82, 2.24) is 0 Å². The molecule has 30 heavy (non-hydrogen) atoms. The van der Waals surface area contributed by atoms with Gasteiger partial charge in [0.1, 0.15) is 6.29 Å². The number of aliphatic hydroxyl groups is 1. The maximum Gasteiger partial charge on any atom is 0.126 e. The van der Waals surface area contributed by atoms with Gasteiger partial charge in [-0.05, 0) is 123 Å². The Morgan fingerprint density at radius 2 is 1.57 bits per heavy atom. The Balaban J connectivity index is 1.50. The molecular formula is C28H44O2. The van der Waals surface area contributed by atoms with Crippen molar-refractivity contribution in [3.63, 3.8) is 0 Å². The molecule has 11 unspecified atom stereocenters. The lowest BCUT2D eigenvalue weighted by molar-refractivity contribution is -0.195. The largest absolute Gasteiger partial charge is 0.393 e. The van der Waals surface area contributed by atoms with Gasteiger partial charge < -0.3 is 9.90 Å². The van der Waals surface area contributed by atoms with Gasteiger partial charge in [-0.25, -0.2) is 0 Å². The fourth-order valence-corrected chi connectivity index (χ4v) is 10.7. The number of carbonyl (C=O) groups excluding carboxylic acids is 1. The number of aliphatic hydroxyl groups excluding tert-OH is 1. The third kappa shape index (κ3) is 2.61. The number of hydrogen-bond donors (Lipinski definition) is 1. The standard InChI is InChI=1S/C28H44O2/c1-17(2)19-8-14-28(16-29)15-10-22-20(25(19)28)6-7-24-26(4)13-11-23(30)18(3)21(26)9-12-27(22,24)5/h16,18-25,30H,1,6-15H2,2-5H3. The molecule has 0 saturated heterocycles. The van der Waals surface area contributed by atoms with Crippen molar-refractivity contribution >= 4 is 6.29 Å². The first-order chi connectivity index (χ1) is 14.2. The van der Waals surface area contributed by atoms with Crippen molar-refractivity contribution in [2.45, 2.75) is 98.0 Å². The summed E-state index contributed by atoms with van der Waals surface area (Å²) in [5.41, 5.74) is 2.06. The third-order valence-corrected chi connectivity index (χ3v) is 12.1. The molecule has 0 amide bonds. The highest BCUT2D eigenvalue weighted by Gasteiger charge is 2.65. The molecular weight excluding hydrogens is 368 g/mol. The van der Waals surface area contributed by atoms with Crippen molar-refractivity contribution < 1.29 is 9.90 Å². The van der Waals surface area contributed by atoms with E-state index in [1.54, 1.807) is 0 Å². The van der Waals surface area contributed by atoms with E-state index in [0.717, 1.165) is 31.1 Å². The van der Waals surface area contributed by atoms with Crippen LogP contribution in [-0.4, -0.2) is 17.5 Å². The van der Waals surface area contributed by atoms with Crippen molar-refractivity contribution in [3.05, 3.63) is 12.2 Å². The second-order valence-corrected chi connectivity index (χ2v) is 12.9. The lowest BCUT2D eigenvalue weighted by atomic mass is 9.37. The molecule has 0 aliphatic heterocycles. The minimum Gasteiger partial charge on any atom is -0.393 e. The molecule has 0 aromatic rings. The molecule has 2 nitrogen and oxygen atoms in total. The van der Waals surface area contributed by atoms with Crippen LogP contribution >= 0.6 is 0 Å². The van der Waals surface area contributed by atoms with Crippen LogP contribution < -0.4 is 0 Å². The minimum absolute atomic E-state index is 0.0570. The van der Waals surface area contributed by atoms with Crippen molar-refractivity contribution in [2.24, 2.45) is 57.7 Å². The van der Waals surface area contributed by atoms with Gasteiger partial charge in [-0.3, -0.25) is 0 Å².